The number of rotatable bonds is 6. The molecule has 0 amide bonds. The van der Waals surface area contributed by atoms with Crippen molar-refractivity contribution >= 4 is 17.6 Å². The molecule has 11 heteroatoms. The van der Waals surface area contributed by atoms with Crippen LogP contribution in [0.5, 0.6) is 11.6 Å². The quantitative estimate of drug-likeness (QED) is 0.476. The number of aromatic nitrogens is 2. The third-order valence-electron chi connectivity index (χ3n) is 5.27. The van der Waals surface area contributed by atoms with E-state index in [0.29, 0.717) is 35.2 Å². The highest BCUT2D eigenvalue weighted by Gasteiger charge is 2.43. The van der Waals surface area contributed by atoms with Crippen LogP contribution in [0, 0.1) is 0 Å². The molecule has 0 spiro atoms. The number of alkyl halides is 3. The van der Waals surface area contributed by atoms with Crippen LogP contribution in [-0.2, 0) is 9.63 Å². The van der Waals surface area contributed by atoms with E-state index in [1.807, 2.05) is 36.4 Å². The molecule has 3 aromatic rings. The summed E-state index contributed by atoms with van der Waals surface area (Å²) in [6, 6.07) is 16.5. The smallest absolute Gasteiger partial charge is 0.492 e. The Hall–Kier alpha value is -3.24. The van der Waals surface area contributed by atoms with Gasteiger partial charge >= 0.3 is 12.1 Å². The first-order valence-electron chi connectivity index (χ1n) is 10.4. The van der Waals surface area contributed by atoms with Crippen molar-refractivity contribution in [3.8, 4) is 28.6 Å². The van der Waals surface area contributed by atoms with Crippen molar-refractivity contribution in [2.45, 2.75) is 25.1 Å². The number of piperidine rings is 1. The minimum Gasteiger partial charge on any atom is -0.494 e. The average molecular weight is 496 g/mol. The number of halogens is 4. The summed E-state index contributed by atoms with van der Waals surface area (Å²) < 4.78 is 50.5. The number of para-hydroxylation sites is 2. The molecule has 2 heterocycles. The van der Waals surface area contributed by atoms with Gasteiger partial charge in [-0.25, -0.2) is 9.48 Å². The molecule has 0 atom stereocenters. The topological polar surface area (TPSA) is 65.8 Å². The van der Waals surface area contributed by atoms with Gasteiger partial charge in [-0.2, -0.15) is 13.2 Å². The Morgan fingerprint density at radius 1 is 1.09 bits per heavy atom. The molecule has 1 aliphatic heterocycles. The van der Waals surface area contributed by atoms with Crippen LogP contribution in [0.25, 0.3) is 16.9 Å². The Labute approximate surface area is 198 Å². The highest BCUT2D eigenvalue weighted by Crippen LogP contribution is 2.32. The summed E-state index contributed by atoms with van der Waals surface area (Å²) in [6.07, 6.45) is -4.61. The zero-order valence-corrected chi connectivity index (χ0v) is 18.8. The van der Waals surface area contributed by atoms with Gasteiger partial charge in [-0.1, -0.05) is 35.9 Å². The molecule has 180 valence electrons. The fourth-order valence-corrected chi connectivity index (χ4v) is 3.74. The van der Waals surface area contributed by atoms with E-state index >= 15 is 0 Å². The number of benzene rings is 2. The Kier molecular flexibility index (Phi) is 6.99. The van der Waals surface area contributed by atoms with Gasteiger partial charge in [0.05, 0.1) is 12.8 Å². The first kappa shape index (κ1) is 23.9. The van der Waals surface area contributed by atoms with E-state index in [0.717, 1.165) is 16.3 Å². The van der Waals surface area contributed by atoms with Crippen LogP contribution >= 0.6 is 11.6 Å². The summed E-state index contributed by atoms with van der Waals surface area (Å²) in [5.41, 5.74) is 2.30. The SMILES string of the molecule is COc1ccccc1-n1nc(OC2CCN(OC(=O)C(F)(F)F)CC2)cc1-c1ccc(Cl)cc1. The predicted octanol–water partition coefficient (Wildman–Crippen LogP) is 5.07. The molecule has 34 heavy (non-hydrogen) atoms. The van der Waals surface area contributed by atoms with Crippen LogP contribution in [0.4, 0.5) is 13.2 Å². The summed E-state index contributed by atoms with van der Waals surface area (Å²) in [4.78, 5) is 15.4. The number of hydroxylamine groups is 2. The van der Waals surface area contributed by atoms with E-state index in [4.69, 9.17) is 21.1 Å². The van der Waals surface area contributed by atoms with Crippen LogP contribution < -0.4 is 9.47 Å². The van der Waals surface area contributed by atoms with E-state index in [-0.39, 0.29) is 19.2 Å². The van der Waals surface area contributed by atoms with Gasteiger partial charge in [0.1, 0.15) is 17.5 Å². The molecule has 4 rings (SSSR count). The van der Waals surface area contributed by atoms with Crippen LogP contribution in [0.2, 0.25) is 5.02 Å². The molecule has 1 fully saturated rings. The van der Waals surface area contributed by atoms with Gasteiger partial charge in [-0.3, -0.25) is 0 Å². The van der Waals surface area contributed by atoms with Gasteiger partial charge in [0.15, 0.2) is 0 Å². The lowest BCUT2D eigenvalue weighted by Crippen LogP contribution is -2.42. The van der Waals surface area contributed by atoms with E-state index < -0.39 is 12.1 Å². The third-order valence-corrected chi connectivity index (χ3v) is 5.52. The van der Waals surface area contributed by atoms with Crippen molar-refractivity contribution in [2.75, 3.05) is 20.2 Å². The Bertz CT molecular complexity index is 1140. The number of ether oxygens (including phenoxy) is 2. The lowest BCUT2D eigenvalue weighted by Gasteiger charge is -2.30. The highest BCUT2D eigenvalue weighted by molar-refractivity contribution is 6.30. The monoisotopic (exact) mass is 495 g/mol. The first-order chi connectivity index (χ1) is 16.2. The Morgan fingerprint density at radius 3 is 2.41 bits per heavy atom. The molecule has 1 saturated heterocycles. The molecular weight excluding hydrogens is 475 g/mol. The summed E-state index contributed by atoms with van der Waals surface area (Å²) in [5, 5.41) is 6.22. The maximum Gasteiger partial charge on any atom is 0.492 e. The molecule has 1 aromatic heterocycles. The number of carbonyl (C=O) groups excluding carboxylic acids is 1. The number of nitrogens with zero attached hydrogens (tertiary/aromatic N) is 3. The summed E-state index contributed by atoms with van der Waals surface area (Å²) in [7, 11) is 1.57. The molecular formula is C23H21ClF3N3O4. The standard InChI is InChI=1S/C23H21ClF3N3O4/c1-32-20-5-3-2-4-18(20)30-19(15-6-8-16(24)9-7-15)14-21(28-30)33-17-10-12-29(13-11-17)34-22(31)23(25,26)27/h2-9,14,17H,10-13H2,1H3. The average Bonchev–Trinajstić information content (AvgIpc) is 3.23. The molecule has 0 unspecified atom stereocenters. The van der Waals surface area contributed by atoms with Crippen molar-refractivity contribution in [2.24, 2.45) is 0 Å². The normalized spacial score (nSPS) is 15.2. The fraction of sp³-hybridized carbons (Fsp3) is 0.304. The van der Waals surface area contributed by atoms with Crippen molar-refractivity contribution in [1.82, 2.24) is 14.8 Å². The zero-order valence-electron chi connectivity index (χ0n) is 18.1. The van der Waals surface area contributed by atoms with Gasteiger partial charge in [-0.05, 0) is 24.3 Å². The maximum absolute atomic E-state index is 12.4. The number of hydrogen-bond acceptors (Lipinski definition) is 6. The molecule has 0 N–H and O–H groups in total. The second-order valence-corrected chi connectivity index (χ2v) is 8.02. The largest absolute Gasteiger partial charge is 0.494 e. The first-order valence-corrected chi connectivity index (χ1v) is 10.8. The van der Waals surface area contributed by atoms with Crippen molar-refractivity contribution in [3.05, 3.63) is 59.6 Å². The molecule has 1 aliphatic rings. The highest BCUT2D eigenvalue weighted by atomic mass is 35.5. The molecule has 0 bridgehead atoms. The van der Waals surface area contributed by atoms with Crippen LogP contribution in [0.3, 0.4) is 0 Å². The van der Waals surface area contributed by atoms with Crippen molar-refractivity contribution < 1.29 is 32.3 Å². The van der Waals surface area contributed by atoms with Crippen LogP contribution in [-0.4, -0.2) is 53.3 Å². The zero-order chi connectivity index (χ0) is 24.3. The van der Waals surface area contributed by atoms with Gasteiger partial charge in [0.2, 0.25) is 5.88 Å². The second kappa shape index (κ2) is 9.94. The third kappa shape index (κ3) is 5.45. The van der Waals surface area contributed by atoms with E-state index in [2.05, 4.69) is 9.94 Å². The second-order valence-electron chi connectivity index (χ2n) is 7.58. The number of methoxy groups -OCH3 is 1. The molecule has 0 saturated carbocycles. The summed E-state index contributed by atoms with van der Waals surface area (Å²) in [6.45, 7) is 0.230. The minimum atomic E-state index is -5.03. The molecule has 7 nitrogen and oxygen atoms in total. The lowest BCUT2D eigenvalue weighted by atomic mass is 10.1. The Morgan fingerprint density at radius 2 is 1.76 bits per heavy atom. The van der Waals surface area contributed by atoms with Gasteiger partial charge < -0.3 is 14.3 Å². The maximum atomic E-state index is 12.4. The van der Waals surface area contributed by atoms with E-state index in [1.165, 1.54) is 0 Å². The van der Waals surface area contributed by atoms with Gasteiger partial charge in [0.25, 0.3) is 0 Å². The Balaban J connectivity index is 1.53. The molecule has 0 radical (unpaired) electrons. The number of hydrogen-bond donors (Lipinski definition) is 0. The van der Waals surface area contributed by atoms with Gasteiger partial charge in [0, 0.05) is 42.6 Å². The van der Waals surface area contributed by atoms with Crippen molar-refractivity contribution in [3.63, 3.8) is 0 Å². The summed E-state index contributed by atoms with van der Waals surface area (Å²) >= 11 is 6.04. The lowest BCUT2D eigenvalue weighted by molar-refractivity contribution is -0.243. The van der Waals surface area contributed by atoms with Crippen molar-refractivity contribution in [1.29, 1.82) is 0 Å². The summed E-state index contributed by atoms with van der Waals surface area (Å²) in [5.74, 6) is -1.26. The number of carbonyl (C=O) groups is 1. The predicted molar refractivity (Wildman–Crippen MR) is 118 cm³/mol. The van der Waals surface area contributed by atoms with E-state index in [1.54, 1.807) is 30.0 Å². The molecule has 2 aromatic carbocycles. The van der Waals surface area contributed by atoms with Crippen LogP contribution in [0.15, 0.2) is 54.6 Å². The van der Waals surface area contributed by atoms with E-state index in [9.17, 15) is 18.0 Å². The van der Waals surface area contributed by atoms with Crippen LogP contribution in [0.1, 0.15) is 12.8 Å². The van der Waals surface area contributed by atoms with Gasteiger partial charge in [-0.15, -0.1) is 10.2 Å². The molecule has 0 aliphatic carbocycles. The minimum absolute atomic E-state index is 0.115. The fourth-order valence-electron chi connectivity index (χ4n) is 3.61.